The molecule has 0 aromatic heterocycles. The SMILES string of the molecule is CC(C)NCC1CCC(COCc2ccccc2Cl)O1. The van der Waals surface area contributed by atoms with Crippen LogP contribution >= 0.6 is 11.6 Å². The Morgan fingerprint density at radius 2 is 2.05 bits per heavy atom. The molecule has 1 heterocycles. The first-order valence-electron chi connectivity index (χ1n) is 7.35. The second-order valence-corrected chi connectivity index (χ2v) is 6.03. The molecule has 2 unspecified atom stereocenters. The van der Waals surface area contributed by atoms with Crippen molar-refractivity contribution in [2.45, 2.75) is 51.5 Å². The fraction of sp³-hybridized carbons (Fsp3) is 0.625. The van der Waals surface area contributed by atoms with E-state index >= 15 is 0 Å². The molecule has 112 valence electrons. The zero-order valence-electron chi connectivity index (χ0n) is 12.3. The molecular formula is C16H24ClNO2. The summed E-state index contributed by atoms with van der Waals surface area (Å²) in [5, 5.41) is 4.18. The van der Waals surface area contributed by atoms with Crippen LogP contribution in [-0.2, 0) is 16.1 Å². The average molecular weight is 298 g/mol. The maximum Gasteiger partial charge on any atom is 0.0814 e. The normalized spacial score (nSPS) is 22.6. The molecule has 2 rings (SSSR count). The van der Waals surface area contributed by atoms with Crippen molar-refractivity contribution in [3.8, 4) is 0 Å². The van der Waals surface area contributed by atoms with Crippen LogP contribution in [0.25, 0.3) is 0 Å². The van der Waals surface area contributed by atoms with E-state index in [4.69, 9.17) is 21.1 Å². The Balaban J connectivity index is 1.65. The van der Waals surface area contributed by atoms with Gasteiger partial charge < -0.3 is 14.8 Å². The third-order valence-corrected chi connectivity index (χ3v) is 3.84. The number of nitrogens with one attached hydrogen (secondary N) is 1. The molecule has 0 aliphatic carbocycles. The van der Waals surface area contributed by atoms with Crippen LogP contribution in [-0.4, -0.2) is 31.4 Å². The molecule has 1 saturated heterocycles. The molecule has 0 radical (unpaired) electrons. The Bertz CT molecular complexity index is 411. The van der Waals surface area contributed by atoms with Crippen LogP contribution in [0.3, 0.4) is 0 Å². The van der Waals surface area contributed by atoms with Crippen LogP contribution in [0.5, 0.6) is 0 Å². The fourth-order valence-corrected chi connectivity index (χ4v) is 2.53. The van der Waals surface area contributed by atoms with Gasteiger partial charge in [-0.25, -0.2) is 0 Å². The van der Waals surface area contributed by atoms with E-state index in [1.54, 1.807) is 0 Å². The minimum Gasteiger partial charge on any atom is -0.374 e. The summed E-state index contributed by atoms with van der Waals surface area (Å²) in [4.78, 5) is 0. The van der Waals surface area contributed by atoms with Crippen molar-refractivity contribution >= 4 is 11.6 Å². The van der Waals surface area contributed by atoms with Gasteiger partial charge in [-0.05, 0) is 24.5 Å². The number of rotatable bonds is 7. The average Bonchev–Trinajstić information content (AvgIpc) is 2.87. The lowest BCUT2D eigenvalue weighted by atomic mass is 10.2. The smallest absolute Gasteiger partial charge is 0.0814 e. The van der Waals surface area contributed by atoms with Crippen molar-refractivity contribution in [1.82, 2.24) is 5.32 Å². The number of benzene rings is 1. The Morgan fingerprint density at radius 1 is 1.30 bits per heavy atom. The maximum absolute atomic E-state index is 6.09. The van der Waals surface area contributed by atoms with Crippen LogP contribution in [0, 0.1) is 0 Å². The van der Waals surface area contributed by atoms with E-state index in [1.807, 2.05) is 24.3 Å². The Hall–Kier alpha value is -0.610. The van der Waals surface area contributed by atoms with E-state index in [0.29, 0.717) is 25.4 Å². The van der Waals surface area contributed by atoms with Gasteiger partial charge in [0.2, 0.25) is 0 Å². The second-order valence-electron chi connectivity index (χ2n) is 5.63. The van der Waals surface area contributed by atoms with E-state index in [1.165, 1.54) is 0 Å². The molecule has 0 bridgehead atoms. The maximum atomic E-state index is 6.09. The summed E-state index contributed by atoms with van der Waals surface area (Å²) in [6.45, 7) is 6.43. The molecule has 1 N–H and O–H groups in total. The summed E-state index contributed by atoms with van der Waals surface area (Å²) < 4.78 is 11.7. The van der Waals surface area contributed by atoms with Crippen molar-refractivity contribution in [3.05, 3.63) is 34.9 Å². The molecule has 1 fully saturated rings. The summed E-state index contributed by atoms with van der Waals surface area (Å²) in [5.74, 6) is 0. The molecule has 0 amide bonds. The van der Waals surface area contributed by atoms with Gasteiger partial charge in [0.25, 0.3) is 0 Å². The second kappa shape index (κ2) is 7.99. The van der Waals surface area contributed by atoms with Gasteiger partial charge in [-0.2, -0.15) is 0 Å². The van der Waals surface area contributed by atoms with Gasteiger partial charge in [-0.15, -0.1) is 0 Å². The molecule has 3 nitrogen and oxygen atoms in total. The standard InChI is InChI=1S/C16H24ClNO2/c1-12(2)18-9-14-7-8-15(20-14)11-19-10-13-5-3-4-6-16(13)17/h3-6,12,14-15,18H,7-11H2,1-2H3. The van der Waals surface area contributed by atoms with Gasteiger partial charge in [0, 0.05) is 17.6 Å². The Labute approximate surface area is 126 Å². The van der Waals surface area contributed by atoms with E-state index in [0.717, 1.165) is 30.0 Å². The first-order chi connectivity index (χ1) is 9.65. The molecule has 0 spiro atoms. The minimum atomic E-state index is 0.219. The zero-order valence-corrected chi connectivity index (χ0v) is 13.0. The Kier molecular flexibility index (Phi) is 6.30. The number of hydrogen-bond acceptors (Lipinski definition) is 3. The lowest BCUT2D eigenvalue weighted by Crippen LogP contribution is -2.32. The summed E-state index contributed by atoms with van der Waals surface area (Å²) in [7, 11) is 0. The van der Waals surface area contributed by atoms with E-state index < -0.39 is 0 Å². The lowest BCUT2D eigenvalue weighted by Gasteiger charge is -2.16. The van der Waals surface area contributed by atoms with Crippen molar-refractivity contribution in [1.29, 1.82) is 0 Å². The largest absolute Gasteiger partial charge is 0.374 e. The first kappa shape index (κ1) is 15.8. The van der Waals surface area contributed by atoms with E-state index in [2.05, 4.69) is 19.2 Å². The van der Waals surface area contributed by atoms with Crippen molar-refractivity contribution in [2.75, 3.05) is 13.2 Å². The van der Waals surface area contributed by atoms with Crippen molar-refractivity contribution in [2.24, 2.45) is 0 Å². The third kappa shape index (κ3) is 5.06. The zero-order chi connectivity index (χ0) is 14.4. The monoisotopic (exact) mass is 297 g/mol. The summed E-state index contributed by atoms with van der Waals surface area (Å²) in [6.07, 6.45) is 2.73. The summed E-state index contributed by atoms with van der Waals surface area (Å²) in [5.41, 5.74) is 1.03. The van der Waals surface area contributed by atoms with Crippen LogP contribution < -0.4 is 5.32 Å². The van der Waals surface area contributed by atoms with Gasteiger partial charge in [0.1, 0.15) is 0 Å². The van der Waals surface area contributed by atoms with Crippen molar-refractivity contribution in [3.63, 3.8) is 0 Å². The van der Waals surface area contributed by atoms with Gasteiger partial charge in [0.15, 0.2) is 0 Å². The van der Waals surface area contributed by atoms with Crippen LogP contribution in [0.2, 0.25) is 5.02 Å². The van der Waals surface area contributed by atoms with Gasteiger partial charge in [-0.3, -0.25) is 0 Å². The highest BCUT2D eigenvalue weighted by Crippen LogP contribution is 2.21. The molecule has 1 aromatic rings. The topological polar surface area (TPSA) is 30.5 Å². The summed E-state index contributed by atoms with van der Waals surface area (Å²) in [6, 6.07) is 8.30. The number of halogens is 1. The van der Waals surface area contributed by atoms with Crippen LogP contribution in [0.1, 0.15) is 32.3 Å². The number of ether oxygens (including phenoxy) is 2. The lowest BCUT2D eigenvalue weighted by molar-refractivity contribution is -0.0194. The highest BCUT2D eigenvalue weighted by molar-refractivity contribution is 6.31. The minimum absolute atomic E-state index is 0.219. The molecule has 1 aromatic carbocycles. The molecule has 1 aliphatic heterocycles. The fourth-order valence-electron chi connectivity index (χ4n) is 2.34. The number of hydrogen-bond donors (Lipinski definition) is 1. The highest BCUT2D eigenvalue weighted by atomic mass is 35.5. The molecule has 20 heavy (non-hydrogen) atoms. The third-order valence-electron chi connectivity index (χ3n) is 3.47. The molecule has 0 saturated carbocycles. The van der Waals surface area contributed by atoms with Crippen molar-refractivity contribution < 1.29 is 9.47 Å². The van der Waals surface area contributed by atoms with Gasteiger partial charge in [0.05, 0.1) is 25.4 Å². The Morgan fingerprint density at radius 3 is 2.80 bits per heavy atom. The van der Waals surface area contributed by atoms with Gasteiger partial charge >= 0.3 is 0 Å². The van der Waals surface area contributed by atoms with Crippen LogP contribution in [0.15, 0.2) is 24.3 Å². The molecule has 2 atom stereocenters. The quantitative estimate of drug-likeness (QED) is 0.837. The first-order valence-corrected chi connectivity index (χ1v) is 7.73. The molecule has 4 heteroatoms. The molecular weight excluding hydrogens is 274 g/mol. The molecule has 1 aliphatic rings. The predicted molar refractivity (Wildman–Crippen MR) is 82.1 cm³/mol. The van der Waals surface area contributed by atoms with E-state index in [-0.39, 0.29) is 6.10 Å². The van der Waals surface area contributed by atoms with E-state index in [9.17, 15) is 0 Å². The van der Waals surface area contributed by atoms with Crippen LogP contribution in [0.4, 0.5) is 0 Å². The summed E-state index contributed by atoms with van der Waals surface area (Å²) >= 11 is 6.09. The predicted octanol–water partition coefficient (Wildman–Crippen LogP) is 3.40. The van der Waals surface area contributed by atoms with Gasteiger partial charge in [-0.1, -0.05) is 43.6 Å². The highest BCUT2D eigenvalue weighted by Gasteiger charge is 2.25.